The van der Waals surface area contributed by atoms with Crippen molar-refractivity contribution in [1.29, 1.82) is 0 Å². The Balaban J connectivity index is 2.78. The number of methoxy groups -OCH3 is 1. The van der Waals surface area contributed by atoms with Gasteiger partial charge < -0.3 is 4.74 Å². The van der Waals surface area contributed by atoms with E-state index >= 15 is 0 Å². The van der Waals surface area contributed by atoms with Gasteiger partial charge in [-0.3, -0.25) is 0 Å². The van der Waals surface area contributed by atoms with E-state index in [9.17, 15) is 4.39 Å². The summed E-state index contributed by atoms with van der Waals surface area (Å²) in [4.78, 5) is 4.22. The molecular weight excluding hydrogens is 313 g/mol. The highest BCUT2D eigenvalue weighted by Crippen LogP contribution is 2.40. The Kier molecular flexibility index (Phi) is 5.00. The van der Waals surface area contributed by atoms with Crippen molar-refractivity contribution in [3.05, 3.63) is 46.5 Å². The van der Waals surface area contributed by atoms with Crippen molar-refractivity contribution in [3.63, 3.8) is 0 Å². The van der Waals surface area contributed by atoms with Crippen molar-refractivity contribution in [2.45, 2.75) is 46.0 Å². The zero-order valence-electron chi connectivity index (χ0n) is 14.5. The topological polar surface area (TPSA) is 22.1 Å². The van der Waals surface area contributed by atoms with Crippen LogP contribution in [0.3, 0.4) is 0 Å². The molecule has 2 nitrogen and oxygen atoms in total. The van der Waals surface area contributed by atoms with Crippen LogP contribution in [0.4, 0.5) is 4.39 Å². The normalized spacial score (nSPS) is 11.9. The summed E-state index contributed by atoms with van der Waals surface area (Å²) < 4.78 is 19.7. The van der Waals surface area contributed by atoms with E-state index < -0.39 is 0 Å². The van der Waals surface area contributed by atoms with Crippen molar-refractivity contribution in [2.75, 3.05) is 7.11 Å². The van der Waals surface area contributed by atoms with Crippen LogP contribution in [0, 0.1) is 5.82 Å². The number of nitrogens with zero attached hydrogens (tertiary/aromatic N) is 1. The van der Waals surface area contributed by atoms with Gasteiger partial charge in [0, 0.05) is 23.4 Å². The Morgan fingerprint density at radius 3 is 2.30 bits per heavy atom. The molecule has 124 valence electrons. The Labute approximate surface area is 142 Å². The lowest BCUT2D eigenvalue weighted by Crippen LogP contribution is -2.13. The first-order chi connectivity index (χ1) is 10.6. The number of rotatable bonds is 3. The lowest BCUT2D eigenvalue weighted by atomic mass is 9.82. The van der Waals surface area contributed by atoms with E-state index in [1.165, 1.54) is 6.07 Å². The molecule has 4 heteroatoms. The molecule has 0 aliphatic carbocycles. The fourth-order valence-electron chi connectivity index (χ4n) is 2.66. The monoisotopic (exact) mass is 335 g/mol. The lowest BCUT2D eigenvalue weighted by molar-refractivity contribution is 0.412. The van der Waals surface area contributed by atoms with Gasteiger partial charge in [0.1, 0.15) is 16.7 Å². The van der Waals surface area contributed by atoms with E-state index in [1.807, 2.05) is 26.0 Å². The molecule has 0 atom stereocenters. The van der Waals surface area contributed by atoms with Gasteiger partial charge in [0.25, 0.3) is 0 Å². The quantitative estimate of drug-likeness (QED) is 0.644. The first kappa shape index (κ1) is 17.7. The maximum Gasteiger partial charge on any atom is 0.130 e. The molecule has 1 aromatic carbocycles. The molecule has 0 spiro atoms. The molecule has 0 saturated heterocycles. The van der Waals surface area contributed by atoms with E-state index in [-0.39, 0.29) is 17.2 Å². The third kappa shape index (κ3) is 3.66. The SMILES string of the molecule is COc1cc(F)c(C(C)C)cc1-c1cnc(Cl)cc1C(C)(C)C. The molecule has 1 aromatic heterocycles. The van der Waals surface area contributed by atoms with E-state index in [0.717, 1.165) is 16.7 Å². The Bertz CT molecular complexity index is 720. The minimum absolute atomic E-state index is 0.0815. The van der Waals surface area contributed by atoms with Crippen molar-refractivity contribution in [2.24, 2.45) is 0 Å². The van der Waals surface area contributed by atoms with E-state index in [4.69, 9.17) is 16.3 Å². The first-order valence-corrected chi connectivity index (χ1v) is 8.06. The fourth-order valence-corrected chi connectivity index (χ4v) is 2.82. The molecule has 0 aliphatic rings. The fraction of sp³-hybridized carbons (Fsp3) is 0.421. The molecule has 0 amide bonds. The largest absolute Gasteiger partial charge is 0.496 e. The van der Waals surface area contributed by atoms with Crippen LogP contribution >= 0.6 is 11.6 Å². The second-order valence-electron chi connectivity index (χ2n) is 7.03. The molecule has 1 heterocycles. The van der Waals surface area contributed by atoms with Crippen LogP contribution in [-0.2, 0) is 5.41 Å². The number of aromatic nitrogens is 1. The number of hydrogen-bond acceptors (Lipinski definition) is 2. The van der Waals surface area contributed by atoms with Crippen molar-refractivity contribution in [3.8, 4) is 16.9 Å². The molecule has 0 fully saturated rings. The second kappa shape index (κ2) is 6.48. The summed E-state index contributed by atoms with van der Waals surface area (Å²) in [5.41, 5.74) is 3.35. The molecular formula is C19H23ClFNO. The minimum atomic E-state index is -0.250. The third-order valence-corrected chi connectivity index (χ3v) is 4.12. The Hall–Kier alpha value is -1.61. The van der Waals surface area contributed by atoms with Crippen LogP contribution in [0.2, 0.25) is 5.15 Å². The van der Waals surface area contributed by atoms with Gasteiger partial charge in [0.05, 0.1) is 7.11 Å². The van der Waals surface area contributed by atoms with Gasteiger partial charge in [-0.25, -0.2) is 9.37 Å². The van der Waals surface area contributed by atoms with Crippen LogP contribution in [0.5, 0.6) is 5.75 Å². The predicted molar refractivity (Wildman–Crippen MR) is 94.0 cm³/mol. The number of halogens is 2. The lowest BCUT2D eigenvalue weighted by Gasteiger charge is -2.24. The maximum absolute atomic E-state index is 14.3. The molecule has 2 aromatic rings. The van der Waals surface area contributed by atoms with E-state index in [0.29, 0.717) is 16.5 Å². The summed E-state index contributed by atoms with van der Waals surface area (Å²) in [5, 5.41) is 0.448. The van der Waals surface area contributed by atoms with Crippen molar-refractivity contribution >= 4 is 11.6 Å². The highest BCUT2D eigenvalue weighted by atomic mass is 35.5. The second-order valence-corrected chi connectivity index (χ2v) is 7.42. The van der Waals surface area contributed by atoms with Gasteiger partial charge in [-0.15, -0.1) is 0 Å². The van der Waals surface area contributed by atoms with Crippen LogP contribution < -0.4 is 4.74 Å². The molecule has 0 unspecified atom stereocenters. The van der Waals surface area contributed by atoms with Crippen LogP contribution in [0.1, 0.15) is 51.7 Å². The summed E-state index contributed by atoms with van der Waals surface area (Å²) in [6, 6.07) is 5.18. The van der Waals surface area contributed by atoms with Crippen LogP contribution in [0.15, 0.2) is 24.4 Å². The zero-order chi connectivity index (χ0) is 17.4. The third-order valence-electron chi connectivity index (χ3n) is 3.91. The highest BCUT2D eigenvalue weighted by molar-refractivity contribution is 6.29. The van der Waals surface area contributed by atoms with Gasteiger partial charge in [0.2, 0.25) is 0 Å². The number of hydrogen-bond donors (Lipinski definition) is 0. The summed E-state index contributed by atoms with van der Waals surface area (Å²) in [5.74, 6) is 0.333. The highest BCUT2D eigenvalue weighted by Gasteiger charge is 2.23. The van der Waals surface area contributed by atoms with Gasteiger partial charge in [-0.2, -0.15) is 0 Å². The molecule has 23 heavy (non-hydrogen) atoms. The first-order valence-electron chi connectivity index (χ1n) is 7.69. The van der Waals surface area contributed by atoms with Crippen LogP contribution in [-0.4, -0.2) is 12.1 Å². The maximum atomic E-state index is 14.3. The summed E-state index contributed by atoms with van der Waals surface area (Å²) in [6.07, 6.45) is 1.74. The van der Waals surface area contributed by atoms with Crippen molar-refractivity contribution in [1.82, 2.24) is 4.98 Å². The molecule has 0 N–H and O–H groups in total. The Morgan fingerprint density at radius 1 is 1.13 bits per heavy atom. The molecule has 0 bridgehead atoms. The van der Waals surface area contributed by atoms with Gasteiger partial charge in [-0.05, 0) is 34.6 Å². The molecule has 0 aliphatic heterocycles. The zero-order valence-corrected chi connectivity index (χ0v) is 15.3. The smallest absolute Gasteiger partial charge is 0.130 e. The average molecular weight is 336 g/mol. The average Bonchev–Trinajstić information content (AvgIpc) is 2.45. The summed E-state index contributed by atoms with van der Waals surface area (Å²) >= 11 is 6.09. The number of pyridine rings is 1. The van der Waals surface area contributed by atoms with Crippen molar-refractivity contribution < 1.29 is 9.13 Å². The van der Waals surface area contributed by atoms with Gasteiger partial charge in [-0.1, -0.05) is 46.2 Å². The van der Waals surface area contributed by atoms with Gasteiger partial charge in [0.15, 0.2) is 0 Å². The molecule has 2 rings (SSSR count). The Morgan fingerprint density at radius 2 is 1.78 bits per heavy atom. The number of ether oxygens (including phenoxy) is 1. The van der Waals surface area contributed by atoms with E-state index in [1.54, 1.807) is 13.3 Å². The summed E-state index contributed by atoms with van der Waals surface area (Å²) in [6.45, 7) is 10.3. The minimum Gasteiger partial charge on any atom is -0.496 e. The standard InChI is InChI=1S/C19H23ClFNO/c1-11(2)12-7-13(17(23-6)9-16(12)21)14-10-22-18(20)8-15(14)19(3,4)5/h7-11H,1-6H3. The summed E-state index contributed by atoms with van der Waals surface area (Å²) in [7, 11) is 1.55. The van der Waals surface area contributed by atoms with E-state index in [2.05, 4.69) is 25.8 Å². The van der Waals surface area contributed by atoms with Gasteiger partial charge >= 0.3 is 0 Å². The predicted octanol–water partition coefficient (Wildman–Crippen LogP) is 5.97. The number of benzene rings is 1. The van der Waals surface area contributed by atoms with Crippen LogP contribution in [0.25, 0.3) is 11.1 Å². The molecule has 0 radical (unpaired) electrons. The molecule has 0 saturated carbocycles.